The van der Waals surface area contributed by atoms with Crippen molar-refractivity contribution in [1.82, 2.24) is 0 Å². The van der Waals surface area contributed by atoms with Crippen molar-refractivity contribution in [1.29, 1.82) is 0 Å². The van der Waals surface area contributed by atoms with Gasteiger partial charge in [-0.25, -0.2) is 0 Å². The van der Waals surface area contributed by atoms with Crippen molar-refractivity contribution in [3.05, 3.63) is 23.8 Å². The van der Waals surface area contributed by atoms with Gasteiger partial charge in [-0.3, -0.25) is 9.59 Å². The molecule has 2 amide bonds. The Bertz CT molecular complexity index is 533. The minimum atomic E-state index is -0.210. The molecular weight excluding hydrogens is 266 g/mol. The fourth-order valence-electron chi connectivity index (χ4n) is 1.74. The van der Waals surface area contributed by atoms with E-state index in [0.29, 0.717) is 11.4 Å². The van der Waals surface area contributed by atoms with Crippen molar-refractivity contribution in [2.24, 2.45) is 11.1 Å². The predicted octanol–water partition coefficient (Wildman–Crippen LogP) is 2.66. The van der Waals surface area contributed by atoms with Crippen LogP contribution in [-0.4, -0.2) is 17.9 Å². The molecular formula is C16H25N3O2. The van der Waals surface area contributed by atoms with Crippen LogP contribution in [0.5, 0.6) is 0 Å². The molecule has 0 aliphatic heterocycles. The second-order valence-electron chi connectivity index (χ2n) is 6.44. The Morgan fingerprint density at radius 3 is 2.38 bits per heavy atom. The highest BCUT2D eigenvalue weighted by Crippen LogP contribution is 2.22. The van der Waals surface area contributed by atoms with Crippen LogP contribution in [0.4, 0.5) is 11.4 Å². The van der Waals surface area contributed by atoms with E-state index in [-0.39, 0.29) is 29.7 Å². The molecule has 5 nitrogen and oxygen atoms in total. The van der Waals surface area contributed by atoms with Gasteiger partial charge in [0.15, 0.2) is 0 Å². The number of hydrogen-bond donors (Lipinski definition) is 3. The van der Waals surface area contributed by atoms with Crippen molar-refractivity contribution in [3.8, 4) is 0 Å². The first-order valence-electron chi connectivity index (χ1n) is 7.03. The van der Waals surface area contributed by atoms with Gasteiger partial charge in [-0.2, -0.15) is 0 Å². The number of hydrogen-bond acceptors (Lipinski definition) is 3. The predicted molar refractivity (Wildman–Crippen MR) is 86.2 cm³/mol. The number of aryl methyl sites for hydroxylation is 1. The first kappa shape index (κ1) is 17.2. The monoisotopic (exact) mass is 291 g/mol. The van der Waals surface area contributed by atoms with Gasteiger partial charge < -0.3 is 16.4 Å². The normalized spacial score (nSPS) is 12.7. The molecule has 0 heterocycles. The van der Waals surface area contributed by atoms with Crippen LogP contribution in [0.15, 0.2) is 18.2 Å². The Balaban J connectivity index is 2.75. The van der Waals surface area contributed by atoms with Gasteiger partial charge >= 0.3 is 0 Å². The van der Waals surface area contributed by atoms with Crippen LogP contribution >= 0.6 is 0 Å². The SMILES string of the molecule is CC(=O)Nc1cc(NC(=O)CC(N)C(C)(C)C)ccc1C. The molecule has 5 heteroatoms. The summed E-state index contributed by atoms with van der Waals surface area (Å²) in [5.74, 6) is -0.272. The molecule has 1 aromatic rings. The van der Waals surface area contributed by atoms with Crippen LogP contribution in [-0.2, 0) is 9.59 Å². The summed E-state index contributed by atoms with van der Waals surface area (Å²) in [6, 6.07) is 5.20. The molecule has 0 radical (unpaired) electrons. The van der Waals surface area contributed by atoms with E-state index in [1.54, 1.807) is 12.1 Å². The van der Waals surface area contributed by atoms with E-state index in [1.165, 1.54) is 6.92 Å². The summed E-state index contributed by atoms with van der Waals surface area (Å²) >= 11 is 0. The van der Waals surface area contributed by atoms with Crippen LogP contribution in [0.3, 0.4) is 0 Å². The summed E-state index contributed by atoms with van der Waals surface area (Å²) in [5.41, 5.74) is 8.17. The lowest BCUT2D eigenvalue weighted by molar-refractivity contribution is -0.117. The number of anilines is 2. The van der Waals surface area contributed by atoms with Gasteiger partial charge in [0.05, 0.1) is 0 Å². The fourth-order valence-corrected chi connectivity index (χ4v) is 1.74. The van der Waals surface area contributed by atoms with Gasteiger partial charge in [-0.1, -0.05) is 26.8 Å². The van der Waals surface area contributed by atoms with Crippen molar-refractivity contribution < 1.29 is 9.59 Å². The van der Waals surface area contributed by atoms with Crippen molar-refractivity contribution in [3.63, 3.8) is 0 Å². The lowest BCUT2D eigenvalue weighted by Crippen LogP contribution is -2.38. The molecule has 1 atom stereocenters. The van der Waals surface area contributed by atoms with E-state index in [0.717, 1.165) is 5.56 Å². The maximum Gasteiger partial charge on any atom is 0.225 e. The minimum absolute atomic E-state index is 0.119. The average Bonchev–Trinajstić information content (AvgIpc) is 2.31. The first-order valence-corrected chi connectivity index (χ1v) is 7.03. The van der Waals surface area contributed by atoms with Crippen LogP contribution in [0.1, 0.15) is 39.7 Å². The molecule has 116 valence electrons. The second kappa shape index (κ2) is 6.72. The summed E-state index contributed by atoms with van der Waals surface area (Å²) in [4.78, 5) is 23.1. The molecule has 21 heavy (non-hydrogen) atoms. The molecule has 0 aromatic heterocycles. The molecule has 0 aliphatic rings. The van der Waals surface area contributed by atoms with Crippen LogP contribution in [0.25, 0.3) is 0 Å². The summed E-state index contributed by atoms with van der Waals surface area (Å²) in [5, 5.41) is 5.55. The van der Waals surface area contributed by atoms with Crippen molar-refractivity contribution in [2.45, 2.75) is 47.1 Å². The van der Waals surface area contributed by atoms with E-state index in [1.807, 2.05) is 33.8 Å². The highest BCUT2D eigenvalue weighted by atomic mass is 16.2. The minimum Gasteiger partial charge on any atom is -0.327 e. The Morgan fingerprint density at radius 1 is 1.24 bits per heavy atom. The third kappa shape index (κ3) is 5.55. The molecule has 0 saturated heterocycles. The summed E-state index contributed by atoms with van der Waals surface area (Å²) in [6.45, 7) is 9.36. The van der Waals surface area contributed by atoms with Crippen LogP contribution < -0.4 is 16.4 Å². The summed E-state index contributed by atoms with van der Waals surface area (Å²) in [7, 11) is 0. The van der Waals surface area contributed by atoms with Gasteiger partial charge in [0.1, 0.15) is 0 Å². The first-order chi connectivity index (χ1) is 9.59. The molecule has 0 bridgehead atoms. The van der Waals surface area contributed by atoms with Crippen molar-refractivity contribution in [2.75, 3.05) is 10.6 Å². The molecule has 0 spiro atoms. The Morgan fingerprint density at radius 2 is 1.86 bits per heavy atom. The zero-order valence-corrected chi connectivity index (χ0v) is 13.4. The second-order valence-corrected chi connectivity index (χ2v) is 6.44. The summed E-state index contributed by atoms with van der Waals surface area (Å²) in [6.07, 6.45) is 0.257. The lowest BCUT2D eigenvalue weighted by Gasteiger charge is -2.26. The Labute approximate surface area is 126 Å². The number of nitrogens with two attached hydrogens (primary N) is 1. The maximum absolute atomic E-state index is 12.0. The number of rotatable bonds is 4. The van der Waals surface area contributed by atoms with Crippen LogP contribution in [0, 0.1) is 12.3 Å². The standard InChI is InChI=1S/C16H25N3O2/c1-10-6-7-12(8-13(10)18-11(2)20)19-15(21)9-14(17)16(3,4)5/h6-8,14H,9,17H2,1-5H3,(H,18,20)(H,19,21). The van der Waals surface area contributed by atoms with Gasteiger partial charge in [0.25, 0.3) is 0 Å². The quantitative estimate of drug-likeness (QED) is 0.797. The van der Waals surface area contributed by atoms with E-state index in [9.17, 15) is 9.59 Å². The van der Waals surface area contributed by atoms with E-state index >= 15 is 0 Å². The van der Waals surface area contributed by atoms with Gasteiger partial charge in [-0.15, -0.1) is 0 Å². The average molecular weight is 291 g/mol. The van der Waals surface area contributed by atoms with E-state index in [2.05, 4.69) is 10.6 Å². The van der Waals surface area contributed by atoms with Crippen molar-refractivity contribution >= 4 is 23.2 Å². The highest BCUT2D eigenvalue weighted by Gasteiger charge is 2.23. The molecule has 0 aliphatic carbocycles. The molecule has 4 N–H and O–H groups in total. The molecule has 1 unspecified atom stereocenters. The Hall–Kier alpha value is -1.88. The molecule has 0 fully saturated rings. The third-order valence-corrected chi connectivity index (χ3v) is 3.35. The number of amides is 2. The maximum atomic E-state index is 12.0. The lowest BCUT2D eigenvalue weighted by atomic mass is 9.85. The van der Waals surface area contributed by atoms with Crippen LogP contribution in [0.2, 0.25) is 0 Å². The third-order valence-electron chi connectivity index (χ3n) is 3.35. The summed E-state index contributed by atoms with van der Waals surface area (Å²) < 4.78 is 0. The number of carbonyl (C=O) groups is 2. The number of benzene rings is 1. The van der Waals surface area contributed by atoms with E-state index < -0.39 is 0 Å². The topological polar surface area (TPSA) is 84.2 Å². The van der Waals surface area contributed by atoms with Gasteiger partial charge in [0.2, 0.25) is 11.8 Å². The Kier molecular flexibility index (Phi) is 5.49. The zero-order chi connectivity index (χ0) is 16.2. The largest absolute Gasteiger partial charge is 0.327 e. The number of carbonyl (C=O) groups excluding carboxylic acids is 2. The molecule has 1 aromatic carbocycles. The molecule has 0 saturated carbocycles. The molecule has 1 rings (SSSR count). The zero-order valence-electron chi connectivity index (χ0n) is 13.4. The highest BCUT2D eigenvalue weighted by molar-refractivity contribution is 5.94. The van der Waals surface area contributed by atoms with Gasteiger partial charge in [0, 0.05) is 30.8 Å². The van der Waals surface area contributed by atoms with E-state index in [4.69, 9.17) is 5.73 Å². The number of nitrogens with one attached hydrogen (secondary N) is 2. The smallest absolute Gasteiger partial charge is 0.225 e. The van der Waals surface area contributed by atoms with Gasteiger partial charge in [-0.05, 0) is 30.0 Å². The fraction of sp³-hybridized carbons (Fsp3) is 0.500.